The lowest BCUT2D eigenvalue weighted by atomic mass is 10.2. The van der Waals surface area contributed by atoms with Gasteiger partial charge in [-0.3, -0.25) is 9.55 Å². The third-order valence-electron chi connectivity index (χ3n) is 4.14. The lowest BCUT2D eigenvalue weighted by Gasteiger charge is -2.15. The van der Waals surface area contributed by atoms with Crippen LogP contribution in [0, 0.1) is 0 Å². The van der Waals surface area contributed by atoms with Crippen LogP contribution in [-0.2, 0) is 0 Å². The SMILES string of the molecule is COc1ccccc1-n1c(SC(C)c2cccnc2)nnc1-c1cccs1. The molecule has 1 atom stereocenters. The molecule has 0 bridgehead atoms. The molecule has 0 saturated heterocycles. The molecule has 0 amide bonds. The van der Waals surface area contributed by atoms with Crippen LogP contribution >= 0.6 is 23.1 Å². The first-order valence-electron chi connectivity index (χ1n) is 8.47. The molecule has 0 radical (unpaired) electrons. The van der Waals surface area contributed by atoms with Crippen LogP contribution in [0.2, 0.25) is 0 Å². The molecule has 27 heavy (non-hydrogen) atoms. The van der Waals surface area contributed by atoms with Gasteiger partial charge in [-0.05, 0) is 42.1 Å². The van der Waals surface area contributed by atoms with Gasteiger partial charge in [-0.2, -0.15) is 0 Å². The predicted molar refractivity (Wildman–Crippen MR) is 110 cm³/mol. The number of thioether (sulfide) groups is 1. The van der Waals surface area contributed by atoms with Gasteiger partial charge in [0.05, 0.1) is 17.7 Å². The highest BCUT2D eigenvalue weighted by Gasteiger charge is 2.21. The second-order valence-electron chi connectivity index (χ2n) is 5.84. The summed E-state index contributed by atoms with van der Waals surface area (Å²) in [5, 5.41) is 12.0. The van der Waals surface area contributed by atoms with Crippen molar-refractivity contribution in [3.05, 3.63) is 71.9 Å². The van der Waals surface area contributed by atoms with Crippen molar-refractivity contribution in [2.75, 3.05) is 7.11 Å². The lowest BCUT2D eigenvalue weighted by molar-refractivity contribution is 0.412. The van der Waals surface area contributed by atoms with E-state index in [2.05, 4.69) is 38.8 Å². The largest absolute Gasteiger partial charge is 0.495 e. The van der Waals surface area contributed by atoms with Crippen molar-refractivity contribution in [2.45, 2.75) is 17.3 Å². The quantitative estimate of drug-likeness (QED) is 0.418. The molecule has 0 aliphatic heterocycles. The molecule has 3 heterocycles. The second kappa shape index (κ2) is 7.94. The number of hydrogen-bond donors (Lipinski definition) is 0. The maximum Gasteiger partial charge on any atom is 0.196 e. The Hall–Kier alpha value is -2.64. The van der Waals surface area contributed by atoms with Gasteiger partial charge in [0, 0.05) is 17.6 Å². The predicted octanol–water partition coefficient (Wildman–Crippen LogP) is 5.25. The van der Waals surface area contributed by atoms with E-state index in [0.717, 1.165) is 32.9 Å². The summed E-state index contributed by atoms with van der Waals surface area (Å²) in [6.45, 7) is 2.15. The van der Waals surface area contributed by atoms with Crippen LogP contribution in [0.5, 0.6) is 5.75 Å². The molecule has 1 aromatic carbocycles. The molecule has 3 aromatic heterocycles. The van der Waals surface area contributed by atoms with Gasteiger partial charge in [-0.15, -0.1) is 21.5 Å². The Bertz CT molecular complexity index is 1020. The molecular formula is C20H18N4OS2. The first-order valence-corrected chi connectivity index (χ1v) is 10.2. The number of rotatable bonds is 6. The highest BCUT2D eigenvalue weighted by atomic mass is 32.2. The number of thiophene rings is 1. The monoisotopic (exact) mass is 394 g/mol. The number of para-hydroxylation sites is 2. The molecule has 1 unspecified atom stereocenters. The molecule has 0 saturated carbocycles. The average Bonchev–Trinajstić information content (AvgIpc) is 3.38. The standard InChI is InChI=1S/C20H18N4OS2/c1-14(15-7-5-11-21-13-15)27-20-23-22-19(18-10-6-12-26-18)24(20)16-8-3-4-9-17(16)25-2/h3-14H,1-2H3. The van der Waals surface area contributed by atoms with E-state index in [1.165, 1.54) is 0 Å². The lowest BCUT2D eigenvalue weighted by Crippen LogP contribution is -2.02. The van der Waals surface area contributed by atoms with Gasteiger partial charge in [0.25, 0.3) is 0 Å². The summed E-state index contributed by atoms with van der Waals surface area (Å²) in [6.07, 6.45) is 3.68. The highest BCUT2D eigenvalue weighted by molar-refractivity contribution is 7.99. The molecule has 0 aliphatic carbocycles. The van der Waals surface area contributed by atoms with E-state index in [1.807, 2.05) is 48.0 Å². The first-order chi connectivity index (χ1) is 13.3. The van der Waals surface area contributed by atoms with Crippen molar-refractivity contribution in [2.24, 2.45) is 0 Å². The zero-order valence-corrected chi connectivity index (χ0v) is 16.6. The van der Waals surface area contributed by atoms with Crippen LogP contribution in [0.3, 0.4) is 0 Å². The highest BCUT2D eigenvalue weighted by Crippen LogP contribution is 2.39. The topological polar surface area (TPSA) is 52.8 Å². The molecule has 4 aromatic rings. The van der Waals surface area contributed by atoms with Gasteiger partial charge in [0.2, 0.25) is 0 Å². The summed E-state index contributed by atoms with van der Waals surface area (Å²) in [7, 11) is 1.68. The van der Waals surface area contributed by atoms with Gasteiger partial charge < -0.3 is 4.74 Å². The molecule has 0 aliphatic rings. The molecule has 0 N–H and O–H groups in total. The van der Waals surface area contributed by atoms with Crippen LogP contribution in [0.1, 0.15) is 17.7 Å². The zero-order valence-electron chi connectivity index (χ0n) is 14.9. The van der Waals surface area contributed by atoms with Gasteiger partial charge in [0.1, 0.15) is 5.75 Å². The average molecular weight is 395 g/mol. The Labute approximate surface area is 166 Å². The number of methoxy groups -OCH3 is 1. The molecule has 5 nitrogen and oxygen atoms in total. The van der Waals surface area contributed by atoms with Crippen molar-refractivity contribution in [3.8, 4) is 22.1 Å². The second-order valence-corrected chi connectivity index (χ2v) is 8.09. The fourth-order valence-corrected chi connectivity index (χ4v) is 4.45. The summed E-state index contributed by atoms with van der Waals surface area (Å²) in [4.78, 5) is 5.29. The Morgan fingerprint density at radius 3 is 2.70 bits per heavy atom. The van der Waals surface area contributed by atoms with Crippen molar-refractivity contribution in [1.29, 1.82) is 0 Å². The fourth-order valence-electron chi connectivity index (χ4n) is 2.79. The Morgan fingerprint density at radius 2 is 1.96 bits per heavy atom. The van der Waals surface area contributed by atoms with Crippen molar-refractivity contribution >= 4 is 23.1 Å². The van der Waals surface area contributed by atoms with Gasteiger partial charge in [-0.1, -0.05) is 36.0 Å². The van der Waals surface area contributed by atoms with Gasteiger partial charge in [-0.25, -0.2) is 0 Å². The van der Waals surface area contributed by atoms with E-state index in [9.17, 15) is 0 Å². The molecule has 4 rings (SSSR count). The summed E-state index contributed by atoms with van der Waals surface area (Å²) >= 11 is 3.30. The minimum atomic E-state index is 0.188. The van der Waals surface area contributed by atoms with Gasteiger partial charge >= 0.3 is 0 Å². The van der Waals surface area contributed by atoms with Crippen LogP contribution in [0.25, 0.3) is 16.4 Å². The third-order valence-corrected chi connectivity index (χ3v) is 6.10. The maximum absolute atomic E-state index is 5.59. The number of ether oxygens (including phenoxy) is 1. The van der Waals surface area contributed by atoms with Crippen LogP contribution in [-0.4, -0.2) is 26.9 Å². The first kappa shape index (κ1) is 17.8. The van der Waals surface area contributed by atoms with Crippen molar-refractivity contribution < 1.29 is 4.74 Å². The van der Waals surface area contributed by atoms with Crippen LogP contribution < -0.4 is 4.74 Å². The van der Waals surface area contributed by atoms with E-state index in [0.29, 0.717) is 0 Å². The normalized spacial score (nSPS) is 12.1. The number of aromatic nitrogens is 4. The Morgan fingerprint density at radius 1 is 1.07 bits per heavy atom. The molecule has 0 fully saturated rings. The van der Waals surface area contributed by atoms with E-state index in [-0.39, 0.29) is 5.25 Å². The number of hydrogen-bond acceptors (Lipinski definition) is 6. The van der Waals surface area contributed by atoms with Crippen LogP contribution in [0.4, 0.5) is 0 Å². The van der Waals surface area contributed by atoms with E-state index in [1.54, 1.807) is 36.4 Å². The Kier molecular flexibility index (Phi) is 5.22. The number of benzene rings is 1. The van der Waals surface area contributed by atoms with Gasteiger partial charge in [0.15, 0.2) is 11.0 Å². The van der Waals surface area contributed by atoms with Crippen LogP contribution in [0.15, 0.2) is 71.5 Å². The molecule has 7 heteroatoms. The minimum absolute atomic E-state index is 0.188. The summed E-state index contributed by atoms with van der Waals surface area (Å²) in [6, 6.07) is 16.0. The van der Waals surface area contributed by atoms with E-state index < -0.39 is 0 Å². The maximum atomic E-state index is 5.59. The number of nitrogens with zero attached hydrogens (tertiary/aromatic N) is 4. The Balaban J connectivity index is 1.81. The summed E-state index contributed by atoms with van der Waals surface area (Å²) in [5.41, 5.74) is 2.07. The summed E-state index contributed by atoms with van der Waals surface area (Å²) < 4.78 is 7.67. The van der Waals surface area contributed by atoms with Crippen molar-refractivity contribution in [1.82, 2.24) is 19.7 Å². The fraction of sp³-hybridized carbons (Fsp3) is 0.150. The smallest absolute Gasteiger partial charge is 0.196 e. The molecule has 136 valence electrons. The molecular weight excluding hydrogens is 376 g/mol. The zero-order chi connectivity index (χ0) is 18.6. The summed E-state index contributed by atoms with van der Waals surface area (Å²) in [5.74, 6) is 1.60. The van der Waals surface area contributed by atoms with E-state index >= 15 is 0 Å². The third kappa shape index (κ3) is 3.61. The minimum Gasteiger partial charge on any atom is -0.495 e. The number of pyridine rings is 1. The van der Waals surface area contributed by atoms with Crippen molar-refractivity contribution in [3.63, 3.8) is 0 Å². The molecule has 0 spiro atoms. The van der Waals surface area contributed by atoms with E-state index in [4.69, 9.17) is 4.74 Å².